The highest BCUT2D eigenvalue weighted by Crippen LogP contribution is 2.61. The maximum Gasteiger partial charge on any atom is 0.111 e. The third-order valence-electron chi connectivity index (χ3n) is 9.72. The molecule has 3 aliphatic heterocycles. The first-order chi connectivity index (χ1) is 18.2. The van der Waals surface area contributed by atoms with Crippen molar-refractivity contribution in [3.8, 4) is 12.1 Å². The molecule has 0 aliphatic carbocycles. The van der Waals surface area contributed by atoms with Gasteiger partial charge in [0, 0.05) is 61.1 Å². The molecule has 0 N–H and O–H groups in total. The number of anilines is 2. The molecular formula is C32H38N6. The standard InChI is InChI=1S/C32H38N6/c1-7-31(4)30-36(6)16-18-38(30)28-12-10-25(22-34)20-26(28)32(31,8-2)14-13-29-35(5)15-17-37(29)27-11-9-24(21-33)19-23(27)3/h9-12,15-20,29-30H,7-8,13-14H2,1-6H3. The summed E-state index contributed by atoms with van der Waals surface area (Å²) < 4.78 is 0. The largest absolute Gasteiger partial charge is 0.359 e. The second-order valence-corrected chi connectivity index (χ2v) is 11.3. The molecule has 0 aromatic heterocycles. The SMILES string of the molecule is CCC1(CCC2N(C)C=CN2c2ccc(C#N)cc2C)c2cc(C#N)ccc2N2C=CN(C)C2C1(C)CC. The Bertz CT molecular complexity index is 1380. The summed E-state index contributed by atoms with van der Waals surface area (Å²) in [5.41, 5.74) is 6.03. The van der Waals surface area contributed by atoms with E-state index < -0.39 is 0 Å². The molecule has 0 saturated heterocycles. The minimum Gasteiger partial charge on any atom is -0.359 e. The number of nitriles is 2. The quantitative estimate of drug-likeness (QED) is 0.452. The van der Waals surface area contributed by atoms with E-state index in [9.17, 15) is 10.5 Å². The van der Waals surface area contributed by atoms with Crippen LogP contribution in [0.15, 0.2) is 61.2 Å². The molecule has 196 valence electrons. The summed E-state index contributed by atoms with van der Waals surface area (Å²) in [5, 5.41) is 19.2. The van der Waals surface area contributed by atoms with Crippen LogP contribution in [0.25, 0.3) is 0 Å². The minimum absolute atomic E-state index is 0.0408. The van der Waals surface area contributed by atoms with Gasteiger partial charge in [-0.1, -0.05) is 20.8 Å². The summed E-state index contributed by atoms with van der Waals surface area (Å²) in [4.78, 5) is 9.44. The number of hydrogen-bond acceptors (Lipinski definition) is 6. The van der Waals surface area contributed by atoms with Crippen molar-refractivity contribution in [2.75, 3.05) is 23.9 Å². The van der Waals surface area contributed by atoms with E-state index >= 15 is 0 Å². The molecule has 0 bridgehead atoms. The lowest BCUT2D eigenvalue weighted by molar-refractivity contribution is 0.0186. The maximum atomic E-state index is 9.83. The molecule has 0 fully saturated rings. The second-order valence-electron chi connectivity index (χ2n) is 11.3. The first-order valence-corrected chi connectivity index (χ1v) is 13.7. The maximum absolute atomic E-state index is 9.83. The normalized spacial score (nSPS) is 27.4. The number of aryl methyl sites for hydroxylation is 1. The fourth-order valence-corrected chi connectivity index (χ4v) is 7.53. The van der Waals surface area contributed by atoms with Crippen LogP contribution in [0.2, 0.25) is 0 Å². The van der Waals surface area contributed by atoms with Gasteiger partial charge >= 0.3 is 0 Å². The highest BCUT2D eigenvalue weighted by Gasteiger charge is 2.59. The summed E-state index contributed by atoms with van der Waals surface area (Å²) in [7, 11) is 4.34. The van der Waals surface area contributed by atoms with Crippen LogP contribution in [-0.4, -0.2) is 36.2 Å². The summed E-state index contributed by atoms with van der Waals surface area (Å²) >= 11 is 0. The lowest BCUT2D eigenvalue weighted by Crippen LogP contribution is -2.62. The van der Waals surface area contributed by atoms with Crippen molar-refractivity contribution in [2.24, 2.45) is 5.41 Å². The minimum atomic E-state index is -0.111. The van der Waals surface area contributed by atoms with E-state index in [1.165, 1.54) is 11.3 Å². The van der Waals surface area contributed by atoms with Gasteiger partial charge in [0.1, 0.15) is 12.3 Å². The van der Waals surface area contributed by atoms with Gasteiger partial charge in [-0.05, 0) is 80.1 Å². The zero-order valence-corrected chi connectivity index (χ0v) is 23.4. The molecule has 2 aromatic carbocycles. The van der Waals surface area contributed by atoms with Crippen LogP contribution in [0.3, 0.4) is 0 Å². The molecule has 3 aliphatic rings. The summed E-state index contributed by atoms with van der Waals surface area (Å²) in [5.74, 6) is 0. The van der Waals surface area contributed by atoms with Crippen LogP contribution in [0, 0.1) is 35.0 Å². The summed E-state index contributed by atoms with van der Waals surface area (Å²) in [6.45, 7) is 9.19. The van der Waals surface area contributed by atoms with Gasteiger partial charge in [0.25, 0.3) is 0 Å². The van der Waals surface area contributed by atoms with Crippen molar-refractivity contribution >= 4 is 11.4 Å². The van der Waals surface area contributed by atoms with Crippen molar-refractivity contribution < 1.29 is 0 Å². The predicted octanol–water partition coefficient (Wildman–Crippen LogP) is 6.39. The molecule has 4 unspecified atom stereocenters. The summed E-state index contributed by atoms with van der Waals surface area (Å²) in [6, 6.07) is 16.9. The van der Waals surface area contributed by atoms with Gasteiger partial charge in [-0.25, -0.2) is 0 Å². The Hall–Kier alpha value is -3.90. The third-order valence-corrected chi connectivity index (χ3v) is 9.72. The van der Waals surface area contributed by atoms with Crippen molar-refractivity contribution in [2.45, 2.75) is 71.1 Å². The number of hydrogen-bond donors (Lipinski definition) is 0. The molecule has 2 aromatic rings. The molecule has 0 spiro atoms. The van der Waals surface area contributed by atoms with E-state index in [1.807, 2.05) is 18.2 Å². The van der Waals surface area contributed by atoms with Crippen molar-refractivity contribution in [3.05, 3.63) is 83.5 Å². The molecule has 5 rings (SSSR count). The van der Waals surface area contributed by atoms with Gasteiger partial charge < -0.3 is 19.6 Å². The molecule has 38 heavy (non-hydrogen) atoms. The number of benzene rings is 2. The Morgan fingerprint density at radius 2 is 1.45 bits per heavy atom. The lowest BCUT2D eigenvalue weighted by Gasteiger charge is -2.60. The highest BCUT2D eigenvalue weighted by atomic mass is 15.4. The molecule has 0 amide bonds. The van der Waals surface area contributed by atoms with Gasteiger partial charge in [-0.15, -0.1) is 0 Å². The first-order valence-electron chi connectivity index (χ1n) is 13.7. The molecule has 0 saturated carbocycles. The van der Waals surface area contributed by atoms with Crippen LogP contribution < -0.4 is 9.80 Å². The van der Waals surface area contributed by atoms with Crippen molar-refractivity contribution in [3.63, 3.8) is 0 Å². The zero-order chi connectivity index (χ0) is 27.2. The fraction of sp³-hybridized carbons (Fsp3) is 0.438. The Kier molecular flexibility index (Phi) is 6.40. The van der Waals surface area contributed by atoms with Crippen LogP contribution in [-0.2, 0) is 5.41 Å². The Labute approximate surface area is 227 Å². The molecule has 3 heterocycles. The molecular weight excluding hydrogens is 468 g/mol. The van der Waals surface area contributed by atoms with Gasteiger partial charge in [0.15, 0.2) is 0 Å². The van der Waals surface area contributed by atoms with Gasteiger partial charge in [0.05, 0.1) is 23.3 Å². The van der Waals surface area contributed by atoms with E-state index in [4.69, 9.17) is 0 Å². The van der Waals surface area contributed by atoms with Gasteiger partial charge in [-0.3, -0.25) is 0 Å². The van der Waals surface area contributed by atoms with Crippen LogP contribution in [0.4, 0.5) is 11.4 Å². The Morgan fingerprint density at radius 1 is 0.816 bits per heavy atom. The first kappa shape index (κ1) is 25.7. The van der Waals surface area contributed by atoms with Crippen molar-refractivity contribution in [1.82, 2.24) is 9.80 Å². The number of rotatable bonds is 6. The van der Waals surface area contributed by atoms with E-state index in [0.29, 0.717) is 5.56 Å². The van der Waals surface area contributed by atoms with Crippen LogP contribution >= 0.6 is 0 Å². The lowest BCUT2D eigenvalue weighted by atomic mass is 9.52. The average Bonchev–Trinajstić information content (AvgIpc) is 3.50. The number of nitrogens with zero attached hydrogens (tertiary/aromatic N) is 6. The predicted molar refractivity (Wildman–Crippen MR) is 153 cm³/mol. The Morgan fingerprint density at radius 3 is 2.08 bits per heavy atom. The second kappa shape index (κ2) is 9.44. The topological polar surface area (TPSA) is 60.5 Å². The van der Waals surface area contributed by atoms with Gasteiger partial charge in [0.2, 0.25) is 0 Å². The van der Waals surface area contributed by atoms with Crippen LogP contribution in [0.5, 0.6) is 0 Å². The monoisotopic (exact) mass is 506 g/mol. The average molecular weight is 507 g/mol. The zero-order valence-electron chi connectivity index (χ0n) is 23.4. The highest BCUT2D eigenvalue weighted by molar-refractivity contribution is 5.67. The Balaban J connectivity index is 1.57. The fourth-order valence-electron chi connectivity index (χ4n) is 7.53. The van der Waals surface area contributed by atoms with Gasteiger partial charge in [-0.2, -0.15) is 10.5 Å². The smallest absolute Gasteiger partial charge is 0.111 e. The third kappa shape index (κ3) is 3.58. The molecule has 0 radical (unpaired) electrons. The summed E-state index contributed by atoms with van der Waals surface area (Å²) in [6.07, 6.45) is 13.1. The van der Waals surface area contributed by atoms with E-state index in [0.717, 1.165) is 42.5 Å². The molecule has 4 atom stereocenters. The molecule has 6 nitrogen and oxygen atoms in total. The van der Waals surface area contributed by atoms with E-state index in [1.54, 1.807) is 0 Å². The van der Waals surface area contributed by atoms with Crippen LogP contribution in [0.1, 0.15) is 68.7 Å². The van der Waals surface area contributed by atoms with E-state index in [2.05, 4.69) is 117 Å². The van der Waals surface area contributed by atoms with Crippen molar-refractivity contribution in [1.29, 1.82) is 10.5 Å². The van der Waals surface area contributed by atoms with E-state index in [-0.39, 0.29) is 23.2 Å². The number of fused-ring (bicyclic) bond motifs is 3. The molecule has 6 heteroatoms.